The minimum absolute atomic E-state index is 0.185. The zero-order chi connectivity index (χ0) is 13.8. The van der Waals surface area contributed by atoms with Crippen molar-refractivity contribution in [2.75, 3.05) is 14.2 Å². The Labute approximate surface area is 113 Å². The van der Waals surface area contributed by atoms with Gasteiger partial charge in [-0.25, -0.2) is 0 Å². The zero-order valence-corrected chi connectivity index (χ0v) is 11.5. The van der Waals surface area contributed by atoms with Gasteiger partial charge in [-0.2, -0.15) is 0 Å². The van der Waals surface area contributed by atoms with Gasteiger partial charge in [-0.15, -0.1) is 0 Å². The van der Waals surface area contributed by atoms with E-state index < -0.39 is 0 Å². The van der Waals surface area contributed by atoms with Gasteiger partial charge in [0.05, 0.1) is 20.1 Å². The van der Waals surface area contributed by atoms with Gasteiger partial charge < -0.3 is 9.47 Å². The highest BCUT2D eigenvalue weighted by atomic mass is 16.5. The van der Waals surface area contributed by atoms with E-state index in [1.165, 1.54) is 7.11 Å². The summed E-state index contributed by atoms with van der Waals surface area (Å²) in [5, 5.41) is 2.20. The molecule has 0 fully saturated rings. The summed E-state index contributed by atoms with van der Waals surface area (Å²) in [5.74, 6) is 0.451. The van der Waals surface area contributed by atoms with Crippen molar-refractivity contribution in [3.63, 3.8) is 0 Å². The molecule has 3 nitrogen and oxygen atoms in total. The van der Waals surface area contributed by atoms with E-state index >= 15 is 0 Å². The monoisotopic (exact) mass is 258 g/mol. The summed E-state index contributed by atoms with van der Waals surface area (Å²) >= 11 is 0. The van der Waals surface area contributed by atoms with E-state index in [1.807, 2.05) is 43.3 Å². The summed E-state index contributed by atoms with van der Waals surface area (Å²) in [6.07, 6.45) is 0.730. The number of carbonyl (C=O) groups excluding carboxylic acids is 1. The predicted octanol–water partition coefficient (Wildman–Crippen LogP) is 3.52. The van der Waals surface area contributed by atoms with E-state index in [0.29, 0.717) is 0 Å². The van der Waals surface area contributed by atoms with Crippen LogP contribution in [0.5, 0.6) is 5.75 Å². The summed E-state index contributed by atoms with van der Waals surface area (Å²) in [4.78, 5) is 11.7. The molecule has 0 aromatic heterocycles. The van der Waals surface area contributed by atoms with Gasteiger partial charge in [0.1, 0.15) is 5.75 Å². The van der Waals surface area contributed by atoms with E-state index in [-0.39, 0.29) is 11.9 Å². The van der Waals surface area contributed by atoms with Crippen molar-refractivity contribution in [1.82, 2.24) is 0 Å². The van der Waals surface area contributed by atoms with Gasteiger partial charge in [0.15, 0.2) is 0 Å². The van der Waals surface area contributed by atoms with Gasteiger partial charge in [0.25, 0.3) is 0 Å². The molecule has 3 heteroatoms. The second-order valence-electron chi connectivity index (χ2n) is 4.46. The van der Waals surface area contributed by atoms with E-state index in [9.17, 15) is 4.79 Å². The lowest BCUT2D eigenvalue weighted by Crippen LogP contribution is -2.13. The molecule has 0 bridgehead atoms. The number of rotatable bonds is 4. The average molecular weight is 258 g/mol. The lowest BCUT2D eigenvalue weighted by molar-refractivity contribution is -0.142. The third kappa shape index (κ3) is 2.70. The first-order chi connectivity index (χ1) is 9.19. The first kappa shape index (κ1) is 13.4. The fourth-order valence-electron chi connectivity index (χ4n) is 2.27. The molecule has 0 saturated carbocycles. The smallest absolute Gasteiger partial charge is 0.313 e. The molecule has 0 heterocycles. The Bertz CT molecular complexity index is 590. The molecular formula is C16H18O3. The number of esters is 1. The van der Waals surface area contributed by atoms with Crippen molar-refractivity contribution in [1.29, 1.82) is 0 Å². The molecule has 0 N–H and O–H groups in total. The molecular weight excluding hydrogens is 240 g/mol. The number of ether oxygens (including phenoxy) is 2. The third-order valence-electron chi connectivity index (χ3n) is 3.37. The van der Waals surface area contributed by atoms with E-state index in [0.717, 1.165) is 28.5 Å². The largest absolute Gasteiger partial charge is 0.497 e. The highest BCUT2D eigenvalue weighted by Crippen LogP contribution is 2.27. The Hall–Kier alpha value is -2.03. The fraction of sp³-hybridized carbons (Fsp3) is 0.312. The lowest BCUT2D eigenvalue weighted by atomic mass is 9.94. The molecule has 2 aromatic rings. The first-order valence-electron chi connectivity index (χ1n) is 6.35. The quantitative estimate of drug-likeness (QED) is 0.787. The fourth-order valence-corrected chi connectivity index (χ4v) is 2.27. The summed E-state index contributed by atoms with van der Waals surface area (Å²) < 4.78 is 10.0. The second-order valence-corrected chi connectivity index (χ2v) is 4.46. The van der Waals surface area contributed by atoms with Crippen molar-refractivity contribution in [2.45, 2.75) is 19.3 Å². The molecule has 0 amide bonds. The van der Waals surface area contributed by atoms with Crippen LogP contribution in [0.15, 0.2) is 36.4 Å². The van der Waals surface area contributed by atoms with Crippen LogP contribution in [0.3, 0.4) is 0 Å². The molecule has 0 radical (unpaired) electrons. The molecule has 0 spiro atoms. The Morgan fingerprint density at radius 1 is 1.11 bits per heavy atom. The maximum Gasteiger partial charge on any atom is 0.313 e. The number of carbonyl (C=O) groups is 1. The first-order valence-corrected chi connectivity index (χ1v) is 6.35. The van der Waals surface area contributed by atoms with Gasteiger partial charge in [0.2, 0.25) is 0 Å². The van der Waals surface area contributed by atoms with Gasteiger partial charge in [0, 0.05) is 0 Å². The number of hydrogen-bond acceptors (Lipinski definition) is 3. The van der Waals surface area contributed by atoms with Crippen LogP contribution in [0.2, 0.25) is 0 Å². The van der Waals surface area contributed by atoms with Crippen molar-refractivity contribution in [2.24, 2.45) is 0 Å². The maximum absolute atomic E-state index is 11.7. The third-order valence-corrected chi connectivity index (χ3v) is 3.37. The molecule has 0 aliphatic carbocycles. The Kier molecular flexibility index (Phi) is 4.05. The average Bonchev–Trinajstić information content (AvgIpc) is 2.47. The normalized spacial score (nSPS) is 12.2. The van der Waals surface area contributed by atoms with Crippen LogP contribution in [0.1, 0.15) is 24.8 Å². The zero-order valence-electron chi connectivity index (χ0n) is 11.5. The predicted molar refractivity (Wildman–Crippen MR) is 75.5 cm³/mol. The van der Waals surface area contributed by atoms with Crippen LogP contribution < -0.4 is 4.74 Å². The Balaban J connectivity index is 2.43. The van der Waals surface area contributed by atoms with Crippen LogP contribution in [0, 0.1) is 0 Å². The Morgan fingerprint density at radius 2 is 1.79 bits per heavy atom. The molecule has 0 aliphatic rings. The molecule has 2 aromatic carbocycles. The van der Waals surface area contributed by atoms with Gasteiger partial charge >= 0.3 is 5.97 Å². The van der Waals surface area contributed by atoms with Crippen LogP contribution in [0.25, 0.3) is 10.8 Å². The number of hydrogen-bond donors (Lipinski definition) is 0. The number of fused-ring (bicyclic) bond motifs is 1. The van der Waals surface area contributed by atoms with Crippen molar-refractivity contribution in [3.8, 4) is 5.75 Å². The van der Waals surface area contributed by atoms with Crippen LogP contribution in [-0.4, -0.2) is 20.2 Å². The van der Waals surface area contributed by atoms with Crippen molar-refractivity contribution in [3.05, 3.63) is 42.0 Å². The van der Waals surface area contributed by atoms with Crippen LogP contribution >= 0.6 is 0 Å². The summed E-state index contributed by atoms with van der Waals surface area (Å²) in [6.45, 7) is 1.99. The van der Waals surface area contributed by atoms with Crippen molar-refractivity contribution < 1.29 is 14.3 Å². The van der Waals surface area contributed by atoms with E-state index in [4.69, 9.17) is 9.47 Å². The van der Waals surface area contributed by atoms with Crippen molar-refractivity contribution >= 4 is 16.7 Å². The molecule has 19 heavy (non-hydrogen) atoms. The van der Waals surface area contributed by atoms with E-state index in [1.54, 1.807) is 7.11 Å². The van der Waals surface area contributed by atoms with E-state index in [2.05, 4.69) is 0 Å². The maximum atomic E-state index is 11.7. The number of methoxy groups -OCH3 is 2. The molecule has 0 saturated heterocycles. The standard InChI is InChI=1S/C16H18O3/c1-4-15(16(17)19-3)13-6-5-12-10-14(18-2)8-7-11(12)9-13/h5-10,15H,4H2,1-3H3. The molecule has 0 aliphatic heterocycles. The van der Waals surface area contributed by atoms with Gasteiger partial charge in [-0.1, -0.05) is 31.2 Å². The highest BCUT2D eigenvalue weighted by molar-refractivity contribution is 5.86. The molecule has 2 rings (SSSR count). The van der Waals surface area contributed by atoms with Gasteiger partial charge in [-0.05, 0) is 34.9 Å². The summed E-state index contributed by atoms with van der Waals surface area (Å²) in [5.41, 5.74) is 0.993. The molecule has 1 unspecified atom stereocenters. The SMILES string of the molecule is CCC(C(=O)OC)c1ccc2cc(OC)ccc2c1. The minimum Gasteiger partial charge on any atom is -0.497 e. The second kappa shape index (κ2) is 5.74. The highest BCUT2D eigenvalue weighted by Gasteiger charge is 2.19. The van der Waals surface area contributed by atoms with Crippen LogP contribution in [-0.2, 0) is 9.53 Å². The Morgan fingerprint density at radius 3 is 2.42 bits per heavy atom. The summed E-state index contributed by atoms with van der Waals surface area (Å²) in [7, 11) is 3.08. The minimum atomic E-state index is -0.198. The number of benzene rings is 2. The summed E-state index contributed by atoms with van der Waals surface area (Å²) in [6, 6.07) is 11.9. The molecule has 100 valence electrons. The lowest BCUT2D eigenvalue weighted by Gasteiger charge is -2.13. The molecule has 1 atom stereocenters. The van der Waals surface area contributed by atoms with Gasteiger partial charge in [-0.3, -0.25) is 4.79 Å². The van der Waals surface area contributed by atoms with Crippen LogP contribution in [0.4, 0.5) is 0 Å². The topological polar surface area (TPSA) is 35.5 Å².